The van der Waals surface area contributed by atoms with Gasteiger partial charge in [0.1, 0.15) is 0 Å². The highest BCUT2D eigenvalue weighted by Gasteiger charge is 2.21. The summed E-state index contributed by atoms with van der Waals surface area (Å²) in [7, 11) is 0. The van der Waals surface area contributed by atoms with Crippen molar-refractivity contribution in [2.45, 2.75) is 31.8 Å². The van der Waals surface area contributed by atoms with Crippen molar-refractivity contribution in [2.75, 3.05) is 23.3 Å². The van der Waals surface area contributed by atoms with Gasteiger partial charge in [-0.05, 0) is 61.5 Å². The second kappa shape index (κ2) is 9.20. The Morgan fingerprint density at radius 3 is 2.76 bits per heavy atom. The number of nitrogens with one attached hydrogen (secondary N) is 2. The second-order valence-electron chi connectivity index (χ2n) is 7.41. The van der Waals surface area contributed by atoms with Crippen LogP contribution in [0.15, 0.2) is 66.3 Å². The van der Waals surface area contributed by atoms with Crippen LogP contribution in [0.2, 0.25) is 0 Å². The number of aromatic nitrogens is 1. The van der Waals surface area contributed by atoms with Gasteiger partial charge in [-0.3, -0.25) is 9.78 Å². The van der Waals surface area contributed by atoms with Gasteiger partial charge in [-0.15, -0.1) is 11.3 Å². The maximum atomic E-state index is 12.4. The van der Waals surface area contributed by atoms with E-state index < -0.39 is 0 Å². The molecule has 1 atom stereocenters. The molecule has 1 amide bonds. The van der Waals surface area contributed by atoms with Gasteiger partial charge in [0.2, 0.25) is 0 Å². The lowest BCUT2D eigenvalue weighted by atomic mass is 10.0. The Hall–Kier alpha value is -2.70. The Morgan fingerprint density at radius 2 is 2.03 bits per heavy atom. The molecule has 0 aliphatic carbocycles. The third kappa shape index (κ3) is 5.02. The van der Waals surface area contributed by atoms with Crippen LogP contribution in [-0.2, 0) is 0 Å². The van der Waals surface area contributed by atoms with Gasteiger partial charge in [-0.25, -0.2) is 0 Å². The molecule has 1 aliphatic heterocycles. The minimum Gasteiger partial charge on any atom is -0.371 e. The van der Waals surface area contributed by atoms with Gasteiger partial charge < -0.3 is 15.5 Å². The van der Waals surface area contributed by atoms with E-state index in [0.29, 0.717) is 17.6 Å². The Kier molecular flexibility index (Phi) is 6.22. The molecule has 0 saturated carbocycles. The molecule has 3 aromatic rings. The van der Waals surface area contributed by atoms with Crippen molar-refractivity contribution >= 4 is 28.6 Å². The first-order valence-electron chi connectivity index (χ1n) is 10.0. The predicted molar refractivity (Wildman–Crippen MR) is 120 cm³/mol. The van der Waals surface area contributed by atoms with Crippen molar-refractivity contribution in [2.24, 2.45) is 0 Å². The zero-order chi connectivity index (χ0) is 20.1. The average molecular weight is 407 g/mol. The maximum Gasteiger partial charge on any atom is 0.257 e. The molecule has 2 N–H and O–H groups in total. The Morgan fingerprint density at radius 1 is 1.17 bits per heavy atom. The molecular formula is C23H26N4OS. The molecule has 2 aromatic heterocycles. The van der Waals surface area contributed by atoms with Crippen LogP contribution < -0.4 is 15.5 Å². The van der Waals surface area contributed by atoms with E-state index in [9.17, 15) is 4.79 Å². The number of thiophene rings is 1. The first kappa shape index (κ1) is 19.6. The van der Waals surface area contributed by atoms with E-state index in [-0.39, 0.29) is 5.91 Å². The number of pyridine rings is 1. The molecule has 1 fully saturated rings. The zero-order valence-corrected chi connectivity index (χ0v) is 17.4. The van der Waals surface area contributed by atoms with Gasteiger partial charge in [0.05, 0.1) is 5.56 Å². The summed E-state index contributed by atoms with van der Waals surface area (Å²) in [5.41, 5.74) is 2.52. The normalized spacial score (nSPS) is 15.8. The number of carbonyl (C=O) groups is 1. The summed E-state index contributed by atoms with van der Waals surface area (Å²) in [4.78, 5) is 20.2. The van der Waals surface area contributed by atoms with E-state index in [0.717, 1.165) is 37.3 Å². The third-order valence-electron chi connectivity index (χ3n) is 5.34. The molecule has 1 saturated heterocycles. The van der Waals surface area contributed by atoms with Crippen LogP contribution in [0.4, 0.5) is 11.4 Å². The molecule has 4 rings (SSSR count). The van der Waals surface area contributed by atoms with E-state index in [1.807, 2.05) is 23.5 Å². The van der Waals surface area contributed by atoms with Gasteiger partial charge in [0.15, 0.2) is 0 Å². The second-order valence-corrected chi connectivity index (χ2v) is 8.39. The summed E-state index contributed by atoms with van der Waals surface area (Å²) in [6.07, 6.45) is 5.47. The summed E-state index contributed by atoms with van der Waals surface area (Å²) in [5, 5.41) is 8.88. The van der Waals surface area contributed by atoms with Crippen LogP contribution in [0.5, 0.6) is 0 Å². The number of hydrogen-bond donors (Lipinski definition) is 2. The van der Waals surface area contributed by atoms with Gasteiger partial charge >= 0.3 is 0 Å². The van der Waals surface area contributed by atoms with Crippen molar-refractivity contribution < 1.29 is 4.79 Å². The van der Waals surface area contributed by atoms with Gasteiger partial charge in [-0.2, -0.15) is 0 Å². The van der Waals surface area contributed by atoms with Crippen molar-refractivity contribution in [3.8, 4) is 0 Å². The quantitative estimate of drug-likeness (QED) is 0.622. The number of amides is 1. The maximum absolute atomic E-state index is 12.4. The zero-order valence-electron chi connectivity index (χ0n) is 16.5. The number of carbonyl (C=O) groups excluding carboxylic acids is 1. The fraction of sp³-hybridized carbons (Fsp3) is 0.304. The molecule has 5 nitrogen and oxygen atoms in total. The predicted octanol–water partition coefficient (Wildman–Crippen LogP) is 4.72. The molecule has 1 aliphatic rings. The summed E-state index contributed by atoms with van der Waals surface area (Å²) in [5.74, 6) is -0.138. The van der Waals surface area contributed by atoms with Crippen LogP contribution in [-0.4, -0.2) is 30.0 Å². The third-order valence-corrected chi connectivity index (χ3v) is 6.40. The Bertz CT molecular complexity index is 921. The minimum absolute atomic E-state index is 0.138. The van der Waals surface area contributed by atoms with E-state index in [1.165, 1.54) is 4.88 Å². The Labute approximate surface area is 175 Å². The van der Waals surface area contributed by atoms with E-state index in [4.69, 9.17) is 0 Å². The number of nitrogens with zero attached hydrogens (tertiary/aromatic N) is 2. The summed E-state index contributed by atoms with van der Waals surface area (Å²) < 4.78 is 0. The molecule has 0 bridgehead atoms. The fourth-order valence-corrected chi connectivity index (χ4v) is 4.50. The van der Waals surface area contributed by atoms with Gasteiger partial charge in [0, 0.05) is 53.8 Å². The highest BCUT2D eigenvalue weighted by molar-refractivity contribution is 7.10. The van der Waals surface area contributed by atoms with Crippen molar-refractivity contribution in [1.29, 1.82) is 0 Å². The molecule has 6 heteroatoms. The van der Waals surface area contributed by atoms with E-state index >= 15 is 0 Å². The molecule has 3 heterocycles. The average Bonchev–Trinajstić information content (AvgIpc) is 3.30. The number of anilines is 2. The van der Waals surface area contributed by atoms with E-state index in [1.54, 1.807) is 24.5 Å². The number of benzene rings is 1. The number of hydrogen-bond acceptors (Lipinski definition) is 5. The summed E-state index contributed by atoms with van der Waals surface area (Å²) in [6, 6.07) is 16.9. The molecule has 150 valence electrons. The highest BCUT2D eigenvalue weighted by Crippen LogP contribution is 2.25. The van der Waals surface area contributed by atoms with Crippen LogP contribution in [0, 0.1) is 0 Å². The Balaban J connectivity index is 1.33. The molecule has 1 unspecified atom stereocenters. The van der Waals surface area contributed by atoms with Crippen molar-refractivity contribution in [3.63, 3.8) is 0 Å². The largest absolute Gasteiger partial charge is 0.371 e. The molecule has 29 heavy (non-hydrogen) atoms. The molecular weight excluding hydrogens is 380 g/mol. The lowest BCUT2D eigenvalue weighted by molar-refractivity contribution is 0.102. The lowest BCUT2D eigenvalue weighted by Crippen LogP contribution is -2.43. The number of piperidine rings is 1. The van der Waals surface area contributed by atoms with Crippen molar-refractivity contribution in [3.05, 3.63) is 76.7 Å². The lowest BCUT2D eigenvalue weighted by Gasteiger charge is -2.35. The molecule has 0 spiro atoms. The smallest absolute Gasteiger partial charge is 0.257 e. The van der Waals surface area contributed by atoms with Crippen LogP contribution in [0.25, 0.3) is 0 Å². The summed E-state index contributed by atoms with van der Waals surface area (Å²) in [6.45, 7) is 4.26. The number of rotatable bonds is 6. The van der Waals surface area contributed by atoms with Crippen molar-refractivity contribution in [1.82, 2.24) is 10.3 Å². The minimum atomic E-state index is -0.138. The fourth-order valence-electron chi connectivity index (χ4n) is 3.76. The first-order valence-corrected chi connectivity index (χ1v) is 10.9. The van der Waals surface area contributed by atoms with Gasteiger partial charge in [-0.1, -0.05) is 12.1 Å². The standard InChI is InChI=1S/C23H26N4OS/c1-17(22-8-4-14-29-22)25-19-9-12-27(13-10-19)21-7-2-6-20(15-21)26-23(28)18-5-3-11-24-16-18/h2-8,11,14-17,19,25H,9-10,12-13H2,1H3,(H,26,28). The van der Waals surface area contributed by atoms with Gasteiger partial charge in [0.25, 0.3) is 5.91 Å². The monoisotopic (exact) mass is 406 g/mol. The van der Waals surface area contributed by atoms with E-state index in [2.05, 4.69) is 57.1 Å². The van der Waals surface area contributed by atoms with Crippen LogP contribution in [0.3, 0.4) is 0 Å². The van der Waals surface area contributed by atoms with Crippen LogP contribution >= 0.6 is 11.3 Å². The molecule has 0 radical (unpaired) electrons. The highest BCUT2D eigenvalue weighted by atomic mass is 32.1. The SMILES string of the molecule is CC(NC1CCN(c2cccc(NC(=O)c3cccnc3)c2)CC1)c1cccs1. The summed E-state index contributed by atoms with van der Waals surface area (Å²) >= 11 is 1.81. The first-order chi connectivity index (χ1) is 14.2. The molecule has 1 aromatic carbocycles. The topological polar surface area (TPSA) is 57.3 Å². The van der Waals surface area contributed by atoms with Crippen LogP contribution in [0.1, 0.15) is 41.0 Å².